The van der Waals surface area contributed by atoms with Crippen molar-refractivity contribution < 1.29 is 5.11 Å². The molecule has 2 saturated heterocycles. The fourth-order valence-electron chi connectivity index (χ4n) is 3.24. The number of aliphatic hydroxyl groups is 1. The zero-order valence-corrected chi connectivity index (χ0v) is 12.0. The van der Waals surface area contributed by atoms with Gasteiger partial charge in [-0.2, -0.15) is 0 Å². The van der Waals surface area contributed by atoms with E-state index in [2.05, 4.69) is 19.8 Å². The Morgan fingerprint density at radius 3 is 2.30 bits per heavy atom. The molecular formula is C15H24N4O. The molecule has 0 unspecified atom stereocenters. The quantitative estimate of drug-likeness (QED) is 0.897. The van der Waals surface area contributed by atoms with Crippen molar-refractivity contribution in [3.8, 4) is 0 Å². The molecule has 0 amide bonds. The number of likely N-dealkylation sites (tertiary alicyclic amines) is 1. The minimum Gasteiger partial charge on any atom is -0.393 e. The van der Waals surface area contributed by atoms with Gasteiger partial charge in [-0.25, -0.2) is 9.97 Å². The Balaban J connectivity index is 1.44. The van der Waals surface area contributed by atoms with Gasteiger partial charge in [-0.05, 0) is 37.7 Å². The summed E-state index contributed by atoms with van der Waals surface area (Å²) in [4.78, 5) is 13.5. The Labute approximate surface area is 120 Å². The lowest BCUT2D eigenvalue weighted by atomic mass is 9.95. The van der Waals surface area contributed by atoms with Crippen LogP contribution in [-0.4, -0.2) is 58.8 Å². The Kier molecular flexibility index (Phi) is 4.47. The van der Waals surface area contributed by atoms with Gasteiger partial charge in [0, 0.05) is 45.1 Å². The first-order chi connectivity index (χ1) is 9.81. The highest BCUT2D eigenvalue weighted by molar-refractivity contribution is 5.28. The van der Waals surface area contributed by atoms with Gasteiger partial charge in [0.25, 0.3) is 0 Å². The van der Waals surface area contributed by atoms with Crippen LogP contribution in [-0.2, 0) is 0 Å². The molecule has 110 valence electrons. The van der Waals surface area contributed by atoms with Crippen LogP contribution in [0.1, 0.15) is 25.7 Å². The van der Waals surface area contributed by atoms with E-state index in [1.807, 2.05) is 18.5 Å². The van der Waals surface area contributed by atoms with Gasteiger partial charge < -0.3 is 14.9 Å². The molecule has 0 saturated carbocycles. The molecule has 0 radical (unpaired) electrons. The molecule has 5 nitrogen and oxygen atoms in total. The SMILES string of the molecule is OC1CCN(CC2CCN(c3ncccn3)CC2)CC1. The second-order valence-corrected chi connectivity index (χ2v) is 6.01. The molecular weight excluding hydrogens is 252 g/mol. The highest BCUT2D eigenvalue weighted by atomic mass is 16.3. The van der Waals surface area contributed by atoms with Gasteiger partial charge in [-0.3, -0.25) is 0 Å². The van der Waals surface area contributed by atoms with Crippen LogP contribution < -0.4 is 4.90 Å². The monoisotopic (exact) mass is 276 g/mol. The first-order valence-electron chi connectivity index (χ1n) is 7.73. The van der Waals surface area contributed by atoms with Crippen LogP contribution in [0.25, 0.3) is 0 Å². The van der Waals surface area contributed by atoms with E-state index < -0.39 is 0 Å². The molecule has 1 aromatic rings. The predicted octanol–water partition coefficient (Wildman–Crippen LogP) is 1.15. The Hall–Kier alpha value is -1.20. The molecule has 3 heterocycles. The number of hydrogen-bond donors (Lipinski definition) is 1. The minimum atomic E-state index is -0.0664. The molecule has 3 rings (SSSR count). The zero-order valence-electron chi connectivity index (χ0n) is 12.0. The number of rotatable bonds is 3. The summed E-state index contributed by atoms with van der Waals surface area (Å²) in [6, 6.07) is 1.86. The third-order valence-corrected chi connectivity index (χ3v) is 4.52. The van der Waals surface area contributed by atoms with Gasteiger partial charge in [0.15, 0.2) is 0 Å². The van der Waals surface area contributed by atoms with Crippen LogP contribution in [0, 0.1) is 5.92 Å². The highest BCUT2D eigenvalue weighted by Gasteiger charge is 2.24. The van der Waals surface area contributed by atoms with Crippen LogP contribution in [0.15, 0.2) is 18.5 Å². The molecule has 1 N–H and O–H groups in total. The van der Waals surface area contributed by atoms with Crippen molar-refractivity contribution in [2.45, 2.75) is 31.8 Å². The van der Waals surface area contributed by atoms with E-state index in [1.54, 1.807) is 0 Å². The maximum Gasteiger partial charge on any atom is 0.225 e. The normalized spacial score (nSPS) is 23.1. The third-order valence-electron chi connectivity index (χ3n) is 4.52. The maximum absolute atomic E-state index is 9.55. The minimum absolute atomic E-state index is 0.0664. The molecule has 2 aliphatic heterocycles. The topological polar surface area (TPSA) is 52.5 Å². The Morgan fingerprint density at radius 1 is 1.00 bits per heavy atom. The second-order valence-electron chi connectivity index (χ2n) is 6.01. The number of anilines is 1. The van der Waals surface area contributed by atoms with Gasteiger partial charge in [0.1, 0.15) is 0 Å². The van der Waals surface area contributed by atoms with E-state index in [4.69, 9.17) is 0 Å². The Bertz CT molecular complexity index is 398. The molecule has 1 aromatic heterocycles. The number of aliphatic hydroxyl groups excluding tert-OH is 1. The molecule has 5 heteroatoms. The first kappa shape index (κ1) is 13.8. The molecule has 0 atom stereocenters. The summed E-state index contributed by atoms with van der Waals surface area (Å²) in [7, 11) is 0. The molecule has 0 aromatic carbocycles. The summed E-state index contributed by atoms with van der Waals surface area (Å²) < 4.78 is 0. The lowest BCUT2D eigenvalue weighted by Crippen LogP contribution is -2.42. The van der Waals surface area contributed by atoms with Crippen LogP contribution in [0.3, 0.4) is 0 Å². The molecule has 0 aliphatic carbocycles. The lowest BCUT2D eigenvalue weighted by Gasteiger charge is -2.36. The van der Waals surface area contributed by atoms with Crippen LogP contribution >= 0.6 is 0 Å². The van der Waals surface area contributed by atoms with E-state index in [9.17, 15) is 5.11 Å². The number of nitrogens with zero attached hydrogens (tertiary/aromatic N) is 4. The van der Waals surface area contributed by atoms with E-state index in [1.165, 1.54) is 19.4 Å². The molecule has 2 fully saturated rings. The summed E-state index contributed by atoms with van der Waals surface area (Å²) >= 11 is 0. The lowest BCUT2D eigenvalue weighted by molar-refractivity contribution is 0.0723. The van der Waals surface area contributed by atoms with Crippen LogP contribution in [0.4, 0.5) is 5.95 Å². The van der Waals surface area contributed by atoms with Crippen LogP contribution in [0.2, 0.25) is 0 Å². The molecule has 0 bridgehead atoms. The highest BCUT2D eigenvalue weighted by Crippen LogP contribution is 2.22. The average molecular weight is 276 g/mol. The predicted molar refractivity (Wildman–Crippen MR) is 78.6 cm³/mol. The van der Waals surface area contributed by atoms with Crippen molar-refractivity contribution in [3.05, 3.63) is 18.5 Å². The largest absolute Gasteiger partial charge is 0.393 e. The van der Waals surface area contributed by atoms with Gasteiger partial charge in [0.2, 0.25) is 5.95 Å². The van der Waals surface area contributed by atoms with Crippen molar-refractivity contribution in [3.63, 3.8) is 0 Å². The fraction of sp³-hybridized carbons (Fsp3) is 0.733. The van der Waals surface area contributed by atoms with E-state index in [0.29, 0.717) is 0 Å². The number of aromatic nitrogens is 2. The maximum atomic E-state index is 9.55. The number of hydrogen-bond acceptors (Lipinski definition) is 5. The van der Waals surface area contributed by atoms with E-state index in [0.717, 1.165) is 50.9 Å². The average Bonchev–Trinajstić information content (AvgIpc) is 2.51. The van der Waals surface area contributed by atoms with Gasteiger partial charge in [0.05, 0.1) is 6.10 Å². The van der Waals surface area contributed by atoms with E-state index in [-0.39, 0.29) is 6.10 Å². The van der Waals surface area contributed by atoms with Gasteiger partial charge in [-0.15, -0.1) is 0 Å². The third kappa shape index (κ3) is 3.46. The van der Waals surface area contributed by atoms with Crippen LogP contribution in [0.5, 0.6) is 0 Å². The van der Waals surface area contributed by atoms with E-state index >= 15 is 0 Å². The van der Waals surface area contributed by atoms with Gasteiger partial charge >= 0.3 is 0 Å². The Morgan fingerprint density at radius 2 is 1.65 bits per heavy atom. The van der Waals surface area contributed by atoms with Crippen molar-refractivity contribution in [2.75, 3.05) is 37.6 Å². The molecule has 2 aliphatic rings. The zero-order chi connectivity index (χ0) is 13.8. The standard InChI is InChI=1S/C15H24N4O/c20-14-4-8-18(9-5-14)12-13-2-10-19(11-3-13)15-16-6-1-7-17-15/h1,6-7,13-14,20H,2-5,8-12H2. The van der Waals surface area contributed by atoms with Gasteiger partial charge in [-0.1, -0.05) is 0 Å². The summed E-state index contributed by atoms with van der Waals surface area (Å²) in [5.74, 6) is 1.65. The fourth-order valence-corrected chi connectivity index (χ4v) is 3.24. The van der Waals surface area contributed by atoms with Crippen molar-refractivity contribution >= 4 is 5.95 Å². The second kappa shape index (κ2) is 6.50. The van der Waals surface area contributed by atoms with Crippen molar-refractivity contribution in [1.29, 1.82) is 0 Å². The molecule has 20 heavy (non-hydrogen) atoms. The summed E-state index contributed by atoms with van der Waals surface area (Å²) in [6.07, 6.45) is 7.88. The summed E-state index contributed by atoms with van der Waals surface area (Å²) in [5.41, 5.74) is 0. The first-order valence-corrected chi connectivity index (χ1v) is 7.73. The smallest absolute Gasteiger partial charge is 0.225 e. The number of piperidine rings is 2. The summed E-state index contributed by atoms with van der Waals surface area (Å²) in [5, 5.41) is 9.55. The van der Waals surface area contributed by atoms with Crippen molar-refractivity contribution in [1.82, 2.24) is 14.9 Å². The summed E-state index contributed by atoms with van der Waals surface area (Å²) in [6.45, 7) is 5.43. The van der Waals surface area contributed by atoms with Crippen molar-refractivity contribution in [2.24, 2.45) is 5.92 Å². The molecule has 0 spiro atoms.